The average Bonchev–Trinajstić information content (AvgIpc) is 3.56. The lowest BCUT2D eigenvalue weighted by Crippen LogP contribution is -2.32. The van der Waals surface area contributed by atoms with Crippen molar-refractivity contribution in [3.05, 3.63) is 94.7 Å². The smallest absolute Gasteiger partial charge is 0.250 e. The number of anilines is 1. The van der Waals surface area contributed by atoms with E-state index < -0.39 is 5.91 Å². The first kappa shape index (κ1) is 25.5. The van der Waals surface area contributed by atoms with Crippen molar-refractivity contribution in [2.45, 2.75) is 0 Å². The number of hydrogen-bond acceptors (Lipinski definition) is 6. The molecule has 2 N–H and O–H groups in total. The summed E-state index contributed by atoms with van der Waals surface area (Å²) in [5, 5.41) is 15.6. The monoisotopic (exact) mass is 563 g/mol. The van der Waals surface area contributed by atoms with Gasteiger partial charge in [-0.3, -0.25) is 10.1 Å². The van der Waals surface area contributed by atoms with Crippen LogP contribution >= 0.6 is 35.4 Å². The molecule has 3 aromatic carbocycles. The first-order chi connectivity index (χ1) is 18.4. The summed E-state index contributed by atoms with van der Waals surface area (Å²) in [6.45, 7) is 0. The Bertz CT molecular complexity index is 1680. The molecule has 0 aliphatic heterocycles. The number of furan rings is 1. The number of thiocarbonyl (C=S) groups is 1. The molecule has 8 nitrogen and oxygen atoms in total. The first-order valence-electron chi connectivity index (χ1n) is 11.3. The molecule has 0 unspecified atom stereocenters. The van der Waals surface area contributed by atoms with Gasteiger partial charge in [0.15, 0.2) is 5.11 Å². The summed E-state index contributed by atoms with van der Waals surface area (Å²) in [6.07, 6.45) is 2.85. The highest BCUT2D eigenvalue weighted by atomic mass is 35.5. The van der Waals surface area contributed by atoms with Gasteiger partial charge in [0.1, 0.15) is 28.3 Å². The van der Waals surface area contributed by atoms with Crippen molar-refractivity contribution in [3.8, 4) is 22.8 Å². The molecule has 0 saturated carbocycles. The molecule has 0 radical (unpaired) electrons. The van der Waals surface area contributed by atoms with Crippen molar-refractivity contribution < 1.29 is 13.9 Å². The number of rotatable bonds is 6. The minimum absolute atomic E-state index is 0.132. The highest BCUT2D eigenvalue weighted by molar-refractivity contribution is 7.80. The van der Waals surface area contributed by atoms with Gasteiger partial charge in [0.2, 0.25) is 5.91 Å². The first-order valence-corrected chi connectivity index (χ1v) is 12.4. The van der Waals surface area contributed by atoms with E-state index in [0.717, 1.165) is 11.4 Å². The highest BCUT2D eigenvalue weighted by Crippen LogP contribution is 2.34. The molecular formula is C27H19Cl2N5O3S. The number of methoxy groups -OCH3 is 1. The second-order valence-corrected chi connectivity index (χ2v) is 9.16. The van der Waals surface area contributed by atoms with Crippen molar-refractivity contribution in [2.24, 2.45) is 0 Å². The summed E-state index contributed by atoms with van der Waals surface area (Å²) in [5.74, 6) is 1.33. The number of fused-ring (bicyclic) bond motifs is 1. The number of nitrogens with zero attached hydrogens (tertiary/aromatic N) is 3. The summed E-state index contributed by atoms with van der Waals surface area (Å²) in [4.78, 5) is 13.9. The molecule has 0 aliphatic rings. The van der Waals surface area contributed by atoms with E-state index in [1.54, 1.807) is 54.4 Å². The normalized spacial score (nSPS) is 11.1. The van der Waals surface area contributed by atoms with Crippen molar-refractivity contribution in [2.75, 3.05) is 12.4 Å². The fraction of sp³-hybridized carbons (Fsp3) is 0.0370. The van der Waals surface area contributed by atoms with Gasteiger partial charge in [-0.1, -0.05) is 29.3 Å². The van der Waals surface area contributed by atoms with Gasteiger partial charge in [0.25, 0.3) is 0 Å². The third-order valence-corrected chi connectivity index (χ3v) is 6.44. The van der Waals surface area contributed by atoms with Crippen molar-refractivity contribution in [1.29, 1.82) is 0 Å². The Morgan fingerprint density at radius 1 is 1.03 bits per heavy atom. The van der Waals surface area contributed by atoms with Crippen LogP contribution in [0.25, 0.3) is 34.1 Å². The molecule has 0 spiro atoms. The third kappa shape index (κ3) is 5.70. The molecule has 0 bridgehead atoms. The van der Waals surface area contributed by atoms with Crippen LogP contribution in [0.1, 0.15) is 5.76 Å². The Balaban J connectivity index is 1.20. The van der Waals surface area contributed by atoms with Crippen LogP contribution in [0.4, 0.5) is 5.69 Å². The Morgan fingerprint density at radius 3 is 2.61 bits per heavy atom. The predicted molar refractivity (Wildman–Crippen MR) is 153 cm³/mol. The Labute approximate surface area is 232 Å². The quantitative estimate of drug-likeness (QED) is 0.179. The number of nitrogens with one attached hydrogen (secondary N) is 2. The summed E-state index contributed by atoms with van der Waals surface area (Å²) < 4.78 is 11.0. The molecular weight excluding hydrogens is 545 g/mol. The van der Waals surface area contributed by atoms with E-state index in [9.17, 15) is 4.79 Å². The predicted octanol–water partition coefficient (Wildman–Crippen LogP) is 6.52. The minimum atomic E-state index is -0.423. The van der Waals surface area contributed by atoms with Crippen LogP contribution in [0.2, 0.25) is 10.0 Å². The summed E-state index contributed by atoms with van der Waals surface area (Å²) in [7, 11) is 1.61. The number of amides is 1. The largest absolute Gasteiger partial charge is 0.497 e. The maximum Gasteiger partial charge on any atom is 0.250 e. The SMILES string of the molecule is COc1ccc(-n2nc3ccc(NC(=S)NC(=O)C=Cc4ccc(-c5cccc(Cl)c5Cl)o4)cc3n2)cc1. The number of carbonyl (C=O) groups is 1. The van der Waals surface area contributed by atoms with Gasteiger partial charge >= 0.3 is 0 Å². The molecule has 1 amide bonds. The van der Waals surface area contributed by atoms with E-state index in [2.05, 4.69) is 20.8 Å². The molecule has 0 aliphatic carbocycles. The topological polar surface area (TPSA) is 94.2 Å². The zero-order chi connectivity index (χ0) is 26.6. The maximum absolute atomic E-state index is 12.4. The van der Waals surface area contributed by atoms with E-state index in [1.807, 2.05) is 30.3 Å². The molecule has 0 atom stereocenters. The molecule has 2 aromatic heterocycles. The molecule has 2 heterocycles. The van der Waals surface area contributed by atoms with Gasteiger partial charge in [0.05, 0.1) is 22.8 Å². The summed E-state index contributed by atoms with van der Waals surface area (Å²) in [6, 6.07) is 21.6. The number of benzene rings is 3. The van der Waals surface area contributed by atoms with Crippen molar-refractivity contribution >= 4 is 69.2 Å². The number of carbonyl (C=O) groups excluding carboxylic acids is 1. The van der Waals surface area contributed by atoms with Gasteiger partial charge in [-0.05, 0) is 85.0 Å². The lowest BCUT2D eigenvalue weighted by atomic mass is 10.2. The lowest BCUT2D eigenvalue weighted by Gasteiger charge is -2.07. The number of ether oxygens (including phenoxy) is 1. The van der Waals surface area contributed by atoms with Crippen LogP contribution in [0.5, 0.6) is 5.75 Å². The Kier molecular flexibility index (Phi) is 7.41. The van der Waals surface area contributed by atoms with E-state index in [4.69, 9.17) is 44.6 Å². The fourth-order valence-corrected chi connectivity index (χ4v) is 4.19. The van der Waals surface area contributed by atoms with Crippen molar-refractivity contribution in [3.63, 3.8) is 0 Å². The van der Waals surface area contributed by atoms with Crippen LogP contribution in [0.3, 0.4) is 0 Å². The second kappa shape index (κ2) is 11.1. The van der Waals surface area contributed by atoms with Gasteiger partial charge in [-0.2, -0.15) is 4.80 Å². The zero-order valence-electron chi connectivity index (χ0n) is 19.8. The molecule has 190 valence electrons. The van der Waals surface area contributed by atoms with Gasteiger partial charge in [-0.25, -0.2) is 0 Å². The molecule has 0 saturated heterocycles. The molecule has 38 heavy (non-hydrogen) atoms. The second-order valence-electron chi connectivity index (χ2n) is 7.97. The number of aromatic nitrogens is 3. The number of halogens is 2. The molecule has 5 rings (SSSR count). The number of hydrogen-bond donors (Lipinski definition) is 2. The Hall–Kier alpha value is -4.18. The van der Waals surface area contributed by atoms with Gasteiger partial charge in [0, 0.05) is 17.3 Å². The van der Waals surface area contributed by atoms with Crippen LogP contribution < -0.4 is 15.4 Å². The Morgan fingerprint density at radius 2 is 1.82 bits per heavy atom. The zero-order valence-corrected chi connectivity index (χ0v) is 22.1. The molecule has 5 aromatic rings. The van der Waals surface area contributed by atoms with Crippen LogP contribution in [-0.2, 0) is 4.79 Å². The standard InChI is InChI=1S/C27H19Cl2N5O3S/c1-36-18-8-6-17(7-9-18)34-32-22-12-5-16(15-23(22)33-34)30-27(38)31-25(35)14-11-19-10-13-24(37-19)20-3-2-4-21(28)26(20)29/h2-15H,1H3,(H2,30,31,35,38). The molecule has 0 fully saturated rings. The van der Waals surface area contributed by atoms with E-state index >= 15 is 0 Å². The average molecular weight is 564 g/mol. The third-order valence-electron chi connectivity index (χ3n) is 5.42. The van der Waals surface area contributed by atoms with Crippen LogP contribution in [0.15, 0.2) is 83.3 Å². The van der Waals surface area contributed by atoms with Crippen molar-refractivity contribution in [1.82, 2.24) is 20.3 Å². The van der Waals surface area contributed by atoms with Crippen LogP contribution in [-0.4, -0.2) is 33.1 Å². The van der Waals surface area contributed by atoms with Crippen LogP contribution in [0, 0.1) is 0 Å². The summed E-state index contributed by atoms with van der Waals surface area (Å²) >= 11 is 17.6. The minimum Gasteiger partial charge on any atom is -0.497 e. The van der Waals surface area contributed by atoms with Gasteiger partial charge < -0.3 is 14.5 Å². The van der Waals surface area contributed by atoms with Gasteiger partial charge in [-0.15, -0.1) is 10.2 Å². The maximum atomic E-state index is 12.4. The highest BCUT2D eigenvalue weighted by Gasteiger charge is 2.11. The molecule has 11 heteroatoms. The fourth-order valence-electron chi connectivity index (χ4n) is 3.58. The summed E-state index contributed by atoms with van der Waals surface area (Å²) in [5.41, 5.74) is 3.48. The van der Waals surface area contributed by atoms with E-state index in [-0.39, 0.29) is 5.11 Å². The van der Waals surface area contributed by atoms with E-state index in [0.29, 0.717) is 43.9 Å². The lowest BCUT2D eigenvalue weighted by molar-refractivity contribution is -0.115. The van der Waals surface area contributed by atoms with E-state index in [1.165, 1.54) is 12.2 Å².